The molecule has 27 heavy (non-hydrogen) atoms. The van der Waals surface area contributed by atoms with Gasteiger partial charge >= 0.3 is 0 Å². The first-order chi connectivity index (χ1) is 13.0. The Morgan fingerprint density at radius 3 is 2.59 bits per heavy atom. The Kier molecular flexibility index (Phi) is 4.58. The molecule has 5 nitrogen and oxygen atoms in total. The zero-order valence-corrected chi connectivity index (χ0v) is 15.9. The van der Waals surface area contributed by atoms with Gasteiger partial charge in [-0.25, -0.2) is 0 Å². The number of benzene rings is 1. The predicted octanol–water partition coefficient (Wildman–Crippen LogP) is 2.73. The fourth-order valence-electron chi connectivity index (χ4n) is 3.92. The average molecular weight is 363 g/mol. The molecule has 1 aliphatic rings. The molecule has 3 aromatic rings. The van der Waals surface area contributed by atoms with Gasteiger partial charge in [0, 0.05) is 38.4 Å². The lowest BCUT2D eigenvalue weighted by Gasteiger charge is -2.37. The lowest BCUT2D eigenvalue weighted by atomic mass is 9.87. The molecule has 0 bridgehead atoms. The van der Waals surface area contributed by atoms with Gasteiger partial charge in [0.25, 0.3) is 5.56 Å². The second kappa shape index (κ2) is 6.91. The van der Waals surface area contributed by atoms with Gasteiger partial charge in [-0.2, -0.15) is 0 Å². The van der Waals surface area contributed by atoms with Crippen molar-refractivity contribution >= 4 is 10.9 Å². The van der Waals surface area contributed by atoms with E-state index in [-0.39, 0.29) is 5.56 Å². The number of nitrogens with zero attached hydrogens (tertiary/aromatic N) is 3. The smallest absolute Gasteiger partial charge is 0.255 e. The van der Waals surface area contributed by atoms with Crippen molar-refractivity contribution in [3.63, 3.8) is 0 Å². The van der Waals surface area contributed by atoms with Crippen LogP contribution in [0.4, 0.5) is 0 Å². The third-order valence-electron chi connectivity index (χ3n) is 5.67. The number of pyridine rings is 2. The molecule has 2 aromatic heterocycles. The summed E-state index contributed by atoms with van der Waals surface area (Å²) in [6.45, 7) is 4.08. The molecule has 1 fully saturated rings. The highest BCUT2D eigenvalue weighted by molar-refractivity contribution is 5.79. The van der Waals surface area contributed by atoms with E-state index in [2.05, 4.69) is 9.88 Å². The molecule has 3 heterocycles. The number of piperidine rings is 1. The summed E-state index contributed by atoms with van der Waals surface area (Å²) in [5.74, 6) is 0. The molecule has 1 aliphatic heterocycles. The summed E-state index contributed by atoms with van der Waals surface area (Å²) in [7, 11) is 1.83. The number of hydrogen-bond donors (Lipinski definition) is 1. The highest BCUT2D eigenvalue weighted by Gasteiger charge is 2.35. The third kappa shape index (κ3) is 3.40. The Bertz CT molecular complexity index is 1020. The monoisotopic (exact) mass is 363 g/mol. The molecule has 1 aromatic carbocycles. The van der Waals surface area contributed by atoms with Crippen LogP contribution in [0, 0.1) is 6.92 Å². The van der Waals surface area contributed by atoms with E-state index in [0.717, 1.165) is 40.8 Å². The number of fused-ring (bicyclic) bond motifs is 1. The topological polar surface area (TPSA) is 58.4 Å². The normalized spacial score (nSPS) is 17.3. The van der Waals surface area contributed by atoms with Crippen LogP contribution in [0.25, 0.3) is 10.9 Å². The lowest BCUT2D eigenvalue weighted by Crippen LogP contribution is -2.43. The van der Waals surface area contributed by atoms with Crippen LogP contribution in [-0.4, -0.2) is 32.6 Å². The van der Waals surface area contributed by atoms with Crippen molar-refractivity contribution in [3.8, 4) is 0 Å². The minimum Gasteiger partial charge on any atom is -0.383 e. The van der Waals surface area contributed by atoms with Crippen molar-refractivity contribution in [2.75, 3.05) is 13.1 Å². The molecule has 4 rings (SSSR count). The van der Waals surface area contributed by atoms with Gasteiger partial charge in [-0.3, -0.25) is 14.7 Å². The summed E-state index contributed by atoms with van der Waals surface area (Å²) in [5.41, 5.74) is 2.76. The molecule has 1 saturated heterocycles. The van der Waals surface area contributed by atoms with Gasteiger partial charge in [0.2, 0.25) is 0 Å². The quantitative estimate of drug-likeness (QED) is 0.777. The summed E-state index contributed by atoms with van der Waals surface area (Å²) in [4.78, 5) is 19.4. The average Bonchev–Trinajstić information content (AvgIpc) is 2.68. The SMILES string of the molecule is Cc1ccc(C2(O)CCN(Cc3cc4ccccc4n(C)c3=O)CC2)nc1. The fourth-order valence-corrected chi connectivity index (χ4v) is 3.92. The van der Waals surface area contributed by atoms with Crippen LogP contribution in [0.15, 0.2) is 53.5 Å². The van der Waals surface area contributed by atoms with Crippen molar-refractivity contribution < 1.29 is 5.11 Å². The third-order valence-corrected chi connectivity index (χ3v) is 5.67. The van der Waals surface area contributed by atoms with E-state index in [1.165, 1.54) is 0 Å². The summed E-state index contributed by atoms with van der Waals surface area (Å²) in [6, 6.07) is 13.9. The number of para-hydroxylation sites is 1. The van der Waals surface area contributed by atoms with E-state index in [1.807, 2.05) is 56.4 Å². The standard InChI is InChI=1S/C22H25N3O2/c1-16-7-8-20(23-14-16)22(27)9-11-25(12-10-22)15-18-13-17-5-3-4-6-19(17)24(2)21(18)26/h3-8,13-14,27H,9-12,15H2,1-2H3. The molecule has 0 radical (unpaired) electrons. The van der Waals surface area contributed by atoms with Gasteiger partial charge in [-0.15, -0.1) is 0 Å². The van der Waals surface area contributed by atoms with Gasteiger partial charge in [0.15, 0.2) is 0 Å². The van der Waals surface area contributed by atoms with Crippen molar-refractivity contribution in [2.24, 2.45) is 7.05 Å². The summed E-state index contributed by atoms with van der Waals surface area (Å²) < 4.78 is 1.72. The fraction of sp³-hybridized carbons (Fsp3) is 0.364. The summed E-state index contributed by atoms with van der Waals surface area (Å²) >= 11 is 0. The highest BCUT2D eigenvalue weighted by Crippen LogP contribution is 2.32. The zero-order chi connectivity index (χ0) is 19.0. The molecular weight excluding hydrogens is 338 g/mol. The molecule has 0 amide bonds. The minimum atomic E-state index is -0.876. The minimum absolute atomic E-state index is 0.0507. The predicted molar refractivity (Wildman–Crippen MR) is 107 cm³/mol. The van der Waals surface area contributed by atoms with Gasteiger partial charge in [-0.05, 0) is 48.9 Å². The molecule has 1 N–H and O–H groups in total. The first kappa shape index (κ1) is 17.9. The molecule has 0 unspecified atom stereocenters. The van der Waals surface area contributed by atoms with Gasteiger partial charge < -0.3 is 9.67 Å². The Balaban J connectivity index is 1.51. The van der Waals surface area contributed by atoms with Crippen molar-refractivity contribution in [1.82, 2.24) is 14.5 Å². The maximum atomic E-state index is 12.7. The first-order valence-electron chi connectivity index (χ1n) is 9.42. The molecule has 5 heteroatoms. The van der Waals surface area contributed by atoms with Crippen LogP contribution in [0.2, 0.25) is 0 Å². The molecule has 140 valence electrons. The maximum Gasteiger partial charge on any atom is 0.255 e. The van der Waals surface area contributed by atoms with Gasteiger partial charge in [0.1, 0.15) is 5.60 Å². The molecular formula is C22H25N3O2. The molecule has 0 aliphatic carbocycles. The Labute approximate surface area is 158 Å². The van der Waals surface area contributed by atoms with Crippen LogP contribution in [0.3, 0.4) is 0 Å². The van der Waals surface area contributed by atoms with Crippen LogP contribution >= 0.6 is 0 Å². The molecule has 0 atom stereocenters. The van der Waals surface area contributed by atoms with E-state index < -0.39 is 5.60 Å². The van der Waals surface area contributed by atoms with Gasteiger partial charge in [-0.1, -0.05) is 24.3 Å². The molecule has 0 spiro atoms. The number of aromatic nitrogens is 2. The Morgan fingerprint density at radius 2 is 1.89 bits per heavy atom. The van der Waals surface area contributed by atoms with E-state index >= 15 is 0 Å². The number of rotatable bonds is 3. The van der Waals surface area contributed by atoms with Crippen LogP contribution < -0.4 is 5.56 Å². The molecule has 0 saturated carbocycles. The number of aryl methyl sites for hydroxylation is 2. The van der Waals surface area contributed by atoms with E-state index in [9.17, 15) is 9.90 Å². The van der Waals surface area contributed by atoms with Crippen LogP contribution in [0.5, 0.6) is 0 Å². The number of aliphatic hydroxyl groups is 1. The van der Waals surface area contributed by atoms with E-state index in [4.69, 9.17) is 0 Å². The van der Waals surface area contributed by atoms with Crippen molar-refractivity contribution in [1.29, 1.82) is 0 Å². The highest BCUT2D eigenvalue weighted by atomic mass is 16.3. The second-order valence-electron chi connectivity index (χ2n) is 7.62. The summed E-state index contributed by atoms with van der Waals surface area (Å²) in [5, 5.41) is 12.1. The van der Waals surface area contributed by atoms with Crippen molar-refractivity contribution in [3.05, 3.63) is 75.8 Å². The largest absolute Gasteiger partial charge is 0.383 e. The summed E-state index contributed by atoms with van der Waals surface area (Å²) in [6.07, 6.45) is 3.05. The zero-order valence-electron chi connectivity index (χ0n) is 15.9. The van der Waals surface area contributed by atoms with Crippen LogP contribution in [-0.2, 0) is 19.2 Å². The second-order valence-corrected chi connectivity index (χ2v) is 7.62. The van der Waals surface area contributed by atoms with E-state index in [1.54, 1.807) is 10.8 Å². The van der Waals surface area contributed by atoms with Crippen molar-refractivity contribution in [2.45, 2.75) is 31.9 Å². The lowest BCUT2D eigenvalue weighted by molar-refractivity contribution is -0.0311. The number of likely N-dealkylation sites (tertiary alicyclic amines) is 1. The Hall–Kier alpha value is -2.50. The van der Waals surface area contributed by atoms with Crippen LogP contribution in [0.1, 0.15) is 29.7 Å². The Morgan fingerprint density at radius 1 is 1.15 bits per heavy atom. The number of hydrogen-bond acceptors (Lipinski definition) is 4. The van der Waals surface area contributed by atoms with E-state index in [0.29, 0.717) is 19.4 Å². The first-order valence-corrected chi connectivity index (χ1v) is 9.42. The van der Waals surface area contributed by atoms with Gasteiger partial charge in [0.05, 0.1) is 11.2 Å². The maximum absolute atomic E-state index is 12.7.